The fraction of sp³-hybridized carbons (Fsp3) is 0.231. The Morgan fingerprint density at radius 2 is 2.22 bits per heavy atom. The molecule has 0 aliphatic heterocycles. The molecule has 0 spiro atoms. The maximum Gasteiger partial charge on any atom is 0.327 e. The number of carbonyl (C=O) groups excluding carboxylic acids is 1. The molecule has 1 atom stereocenters. The summed E-state index contributed by atoms with van der Waals surface area (Å²) in [5.41, 5.74) is 0.938. The van der Waals surface area contributed by atoms with Gasteiger partial charge in [0.2, 0.25) is 0 Å². The first kappa shape index (κ1) is 12.2. The molecular formula is C13H15N3O2. The van der Waals surface area contributed by atoms with Crippen molar-refractivity contribution in [3.63, 3.8) is 0 Å². The average molecular weight is 245 g/mol. The normalized spacial score (nSPS) is 11.9. The first-order valence-electron chi connectivity index (χ1n) is 5.64. The van der Waals surface area contributed by atoms with Crippen LogP contribution in [0.15, 0.2) is 43.0 Å². The number of ether oxygens (including phenoxy) is 1. The first-order valence-corrected chi connectivity index (χ1v) is 5.64. The van der Waals surface area contributed by atoms with Crippen molar-refractivity contribution >= 4 is 6.03 Å². The molecule has 1 N–H and O–H groups in total. The Labute approximate surface area is 105 Å². The Kier molecular flexibility index (Phi) is 3.62. The maximum atomic E-state index is 11.9. The van der Waals surface area contributed by atoms with Gasteiger partial charge in [-0.3, -0.25) is 4.57 Å². The van der Waals surface area contributed by atoms with E-state index in [1.807, 2.05) is 31.2 Å². The quantitative estimate of drug-likeness (QED) is 0.902. The molecule has 0 radical (unpaired) electrons. The van der Waals surface area contributed by atoms with Crippen molar-refractivity contribution in [2.45, 2.75) is 13.0 Å². The summed E-state index contributed by atoms with van der Waals surface area (Å²) >= 11 is 0. The Bertz CT molecular complexity index is 523. The van der Waals surface area contributed by atoms with E-state index >= 15 is 0 Å². The van der Waals surface area contributed by atoms with E-state index in [2.05, 4.69) is 10.3 Å². The summed E-state index contributed by atoms with van der Waals surface area (Å²) in [4.78, 5) is 15.7. The van der Waals surface area contributed by atoms with Crippen molar-refractivity contribution in [1.29, 1.82) is 0 Å². The highest BCUT2D eigenvalue weighted by Crippen LogP contribution is 2.24. The number of hydrogen-bond acceptors (Lipinski definition) is 3. The van der Waals surface area contributed by atoms with Crippen LogP contribution in [0.1, 0.15) is 18.5 Å². The van der Waals surface area contributed by atoms with Gasteiger partial charge in [-0.15, -0.1) is 0 Å². The van der Waals surface area contributed by atoms with Gasteiger partial charge in [-0.25, -0.2) is 9.78 Å². The fourth-order valence-corrected chi connectivity index (χ4v) is 1.74. The number of aromatic nitrogens is 2. The van der Waals surface area contributed by atoms with Gasteiger partial charge < -0.3 is 10.1 Å². The second kappa shape index (κ2) is 5.35. The van der Waals surface area contributed by atoms with E-state index in [0.29, 0.717) is 0 Å². The van der Waals surface area contributed by atoms with Crippen LogP contribution in [-0.4, -0.2) is 22.7 Å². The Morgan fingerprint density at radius 1 is 1.44 bits per heavy atom. The molecule has 0 unspecified atom stereocenters. The number of rotatable bonds is 3. The number of methoxy groups -OCH3 is 1. The van der Waals surface area contributed by atoms with Gasteiger partial charge in [0.15, 0.2) is 0 Å². The minimum absolute atomic E-state index is 0.143. The number of nitrogens with zero attached hydrogens (tertiary/aromatic N) is 2. The highest BCUT2D eigenvalue weighted by atomic mass is 16.5. The molecule has 2 rings (SSSR count). The lowest BCUT2D eigenvalue weighted by molar-refractivity contribution is 0.239. The number of imidazole rings is 1. The van der Waals surface area contributed by atoms with E-state index in [1.165, 1.54) is 10.9 Å². The van der Waals surface area contributed by atoms with E-state index in [1.54, 1.807) is 19.5 Å². The van der Waals surface area contributed by atoms with Gasteiger partial charge in [0.05, 0.1) is 13.2 Å². The number of benzene rings is 1. The van der Waals surface area contributed by atoms with Gasteiger partial charge in [0.1, 0.15) is 12.1 Å². The predicted octanol–water partition coefficient (Wildman–Crippen LogP) is 2.21. The number of hydrogen-bond donors (Lipinski definition) is 1. The van der Waals surface area contributed by atoms with Gasteiger partial charge in [-0.1, -0.05) is 18.2 Å². The summed E-state index contributed by atoms with van der Waals surface area (Å²) in [5, 5.41) is 2.88. The SMILES string of the molecule is COc1ccccc1[C@H](C)NC(=O)n1ccnc1. The molecular weight excluding hydrogens is 230 g/mol. The summed E-state index contributed by atoms with van der Waals surface area (Å²) in [6.45, 7) is 1.91. The maximum absolute atomic E-state index is 11.9. The molecule has 94 valence electrons. The highest BCUT2D eigenvalue weighted by Gasteiger charge is 2.13. The molecule has 0 fully saturated rings. The minimum atomic E-state index is -0.217. The van der Waals surface area contributed by atoms with Crippen LogP contribution in [0, 0.1) is 0 Å². The summed E-state index contributed by atoms with van der Waals surface area (Å²) in [5.74, 6) is 0.760. The summed E-state index contributed by atoms with van der Waals surface area (Å²) in [6, 6.07) is 7.25. The molecule has 1 amide bonds. The van der Waals surface area contributed by atoms with E-state index in [-0.39, 0.29) is 12.1 Å². The molecule has 1 aromatic heterocycles. The smallest absolute Gasteiger partial charge is 0.327 e. The predicted molar refractivity (Wildman–Crippen MR) is 67.6 cm³/mol. The zero-order chi connectivity index (χ0) is 13.0. The van der Waals surface area contributed by atoms with E-state index < -0.39 is 0 Å². The molecule has 2 aromatic rings. The number of nitrogens with one attached hydrogen (secondary N) is 1. The van der Waals surface area contributed by atoms with Crippen LogP contribution in [0.2, 0.25) is 0 Å². The molecule has 0 saturated heterocycles. The second-order valence-corrected chi connectivity index (χ2v) is 3.88. The van der Waals surface area contributed by atoms with Crippen molar-refractivity contribution in [3.8, 4) is 5.75 Å². The zero-order valence-electron chi connectivity index (χ0n) is 10.3. The van der Waals surface area contributed by atoms with Crippen LogP contribution in [0.4, 0.5) is 4.79 Å². The molecule has 5 heteroatoms. The van der Waals surface area contributed by atoms with Gasteiger partial charge in [0, 0.05) is 18.0 Å². The van der Waals surface area contributed by atoms with Crippen LogP contribution in [0.3, 0.4) is 0 Å². The number of para-hydroxylation sites is 1. The lowest BCUT2D eigenvalue weighted by Gasteiger charge is -2.17. The van der Waals surface area contributed by atoms with Crippen molar-refractivity contribution in [2.75, 3.05) is 7.11 Å². The lowest BCUT2D eigenvalue weighted by atomic mass is 10.1. The van der Waals surface area contributed by atoms with Gasteiger partial charge >= 0.3 is 6.03 Å². The molecule has 5 nitrogen and oxygen atoms in total. The van der Waals surface area contributed by atoms with Gasteiger partial charge in [-0.2, -0.15) is 0 Å². The van der Waals surface area contributed by atoms with Crippen LogP contribution in [0.25, 0.3) is 0 Å². The Morgan fingerprint density at radius 3 is 2.89 bits per heavy atom. The van der Waals surface area contributed by atoms with Crippen LogP contribution in [-0.2, 0) is 0 Å². The monoisotopic (exact) mass is 245 g/mol. The summed E-state index contributed by atoms with van der Waals surface area (Å²) in [7, 11) is 1.61. The van der Waals surface area contributed by atoms with E-state index in [4.69, 9.17) is 4.74 Å². The third-order valence-corrected chi connectivity index (χ3v) is 2.68. The van der Waals surface area contributed by atoms with Crippen LogP contribution >= 0.6 is 0 Å². The van der Waals surface area contributed by atoms with E-state index in [0.717, 1.165) is 11.3 Å². The van der Waals surface area contributed by atoms with Crippen molar-refractivity contribution < 1.29 is 9.53 Å². The highest BCUT2D eigenvalue weighted by molar-refractivity contribution is 5.76. The van der Waals surface area contributed by atoms with Crippen molar-refractivity contribution in [1.82, 2.24) is 14.9 Å². The molecule has 0 bridgehead atoms. The summed E-state index contributed by atoms with van der Waals surface area (Å²) in [6.07, 6.45) is 4.63. The molecule has 0 aliphatic rings. The van der Waals surface area contributed by atoms with Crippen LogP contribution < -0.4 is 10.1 Å². The Hall–Kier alpha value is -2.30. The second-order valence-electron chi connectivity index (χ2n) is 3.88. The van der Waals surface area contributed by atoms with Crippen LogP contribution in [0.5, 0.6) is 5.75 Å². The standard InChI is InChI=1S/C13H15N3O2/c1-10(11-5-3-4-6-12(11)18-2)15-13(17)16-8-7-14-9-16/h3-10H,1-2H3,(H,15,17)/t10-/m0/s1. The molecule has 1 heterocycles. The number of carbonyl (C=O) groups is 1. The minimum Gasteiger partial charge on any atom is -0.496 e. The van der Waals surface area contributed by atoms with Crippen molar-refractivity contribution in [3.05, 3.63) is 48.5 Å². The lowest BCUT2D eigenvalue weighted by Crippen LogP contribution is -2.30. The van der Waals surface area contributed by atoms with Crippen molar-refractivity contribution in [2.24, 2.45) is 0 Å². The topological polar surface area (TPSA) is 56.1 Å². The number of amides is 1. The Balaban J connectivity index is 2.12. The average Bonchev–Trinajstić information content (AvgIpc) is 2.92. The first-order chi connectivity index (χ1) is 8.72. The molecule has 0 saturated carbocycles. The molecule has 1 aromatic carbocycles. The summed E-state index contributed by atoms with van der Waals surface area (Å²) < 4.78 is 6.66. The van der Waals surface area contributed by atoms with E-state index in [9.17, 15) is 4.79 Å². The molecule has 18 heavy (non-hydrogen) atoms. The van der Waals surface area contributed by atoms with Gasteiger partial charge in [0.25, 0.3) is 0 Å². The third-order valence-electron chi connectivity index (χ3n) is 2.68. The largest absolute Gasteiger partial charge is 0.496 e. The van der Waals surface area contributed by atoms with Gasteiger partial charge in [-0.05, 0) is 13.0 Å². The zero-order valence-corrected chi connectivity index (χ0v) is 10.3. The third kappa shape index (κ3) is 2.51. The fourth-order valence-electron chi connectivity index (χ4n) is 1.74. The molecule has 0 aliphatic carbocycles.